The van der Waals surface area contributed by atoms with Gasteiger partial charge in [-0.25, -0.2) is 13.6 Å². The monoisotopic (exact) mass is 328 g/mol. The van der Waals surface area contributed by atoms with Crippen molar-refractivity contribution in [3.05, 3.63) is 59.2 Å². The van der Waals surface area contributed by atoms with Crippen LogP contribution < -0.4 is 10.0 Å². The third-order valence-electron chi connectivity index (χ3n) is 3.38. The highest BCUT2D eigenvalue weighted by atomic mass is 32.2. The van der Waals surface area contributed by atoms with E-state index in [0.717, 1.165) is 5.56 Å². The Morgan fingerprint density at radius 3 is 2.52 bits per heavy atom. The first kappa shape index (κ1) is 16.7. The van der Waals surface area contributed by atoms with E-state index in [1.165, 1.54) is 17.0 Å². The molecule has 2 aromatic rings. The van der Waals surface area contributed by atoms with Gasteiger partial charge in [0.25, 0.3) is 5.91 Å². The zero-order valence-electron chi connectivity index (χ0n) is 12.8. The van der Waals surface area contributed by atoms with Gasteiger partial charge in [-0.1, -0.05) is 23.6 Å². The van der Waals surface area contributed by atoms with E-state index >= 15 is 0 Å². The number of rotatable bonds is 3. The van der Waals surface area contributed by atoms with Gasteiger partial charge in [-0.15, -0.1) is 6.42 Å². The van der Waals surface area contributed by atoms with Crippen LogP contribution in [0.3, 0.4) is 0 Å². The van der Waals surface area contributed by atoms with Crippen molar-refractivity contribution in [3.63, 3.8) is 0 Å². The lowest BCUT2D eigenvalue weighted by molar-refractivity contribution is 0.0989. The smallest absolute Gasteiger partial charge is 0.259 e. The molecular weight excluding hydrogens is 312 g/mol. The van der Waals surface area contributed by atoms with Gasteiger partial charge >= 0.3 is 0 Å². The van der Waals surface area contributed by atoms with Crippen molar-refractivity contribution in [2.45, 2.75) is 11.8 Å². The van der Waals surface area contributed by atoms with Crippen molar-refractivity contribution in [1.29, 1.82) is 0 Å². The van der Waals surface area contributed by atoms with Crippen LogP contribution in [-0.2, 0) is 10.0 Å². The fraction of sp³-hybridized carbons (Fsp3) is 0.118. The maximum Gasteiger partial charge on any atom is 0.259 e. The number of amides is 1. The van der Waals surface area contributed by atoms with E-state index in [2.05, 4.69) is 5.92 Å². The van der Waals surface area contributed by atoms with Crippen LogP contribution in [-0.4, -0.2) is 21.4 Å². The predicted octanol–water partition coefficient (Wildman–Crippen LogP) is 1.90. The quantitative estimate of drug-likeness (QED) is 0.874. The molecule has 0 aromatic heterocycles. The van der Waals surface area contributed by atoms with E-state index in [-0.39, 0.29) is 10.5 Å². The molecule has 0 saturated heterocycles. The lowest BCUT2D eigenvalue weighted by Gasteiger charge is -2.19. The van der Waals surface area contributed by atoms with Crippen molar-refractivity contribution >= 4 is 21.6 Å². The number of terminal acetylenes is 1. The summed E-state index contributed by atoms with van der Waals surface area (Å²) in [4.78, 5) is 13.9. The maximum absolute atomic E-state index is 12.7. The standard InChI is InChI=1S/C17H16N2O3S/c1-4-13-6-5-7-14(11-13)19(3)17(20)15-10-12(2)8-9-16(15)23(18,21)22/h1,5-11H,2-3H3,(H2,18,21,22). The van der Waals surface area contributed by atoms with Gasteiger partial charge < -0.3 is 4.90 Å². The number of carbonyl (C=O) groups is 1. The molecule has 0 spiro atoms. The maximum atomic E-state index is 12.7. The topological polar surface area (TPSA) is 80.5 Å². The summed E-state index contributed by atoms with van der Waals surface area (Å²) >= 11 is 0. The molecule has 0 aliphatic rings. The Morgan fingerprint density at radius 2 is 1.91 bits per heavy atom. The molecule has 0 aliphatic carbocycles. The normalized spacial score (nSPS) is 10.9. The molecule has 2 N–H and O–H groups in total. The molecule has 0 bridgehead atoms. The van der Waals surface area contributed by atoms with E-state index < -0.39 is 15.9 Å². The third kappa shape index (κ3) is 3.59. The van der Waals surface area contributed by atoms with Crippen LogP contribution in [0.25, 0.3) is 0 Å². The van der Waals surface area contributed by atoms with Crippen LogP contribution in [0, 0.1) is 19.3 Å². The van der Waals surface area contributed by atoms with Crippen LogP contribution in [0.1, 0.15) is 21.5 Å². The second-order valence-corrected chi connectivity index (χ2v) is 6.63. The highest BCUT2D eigenvalue weighted by Gasteiger charge is 2.22. The number of benzene rings is 2. The Kier molecular flexibility index (Phi) is 4.55. The first-order valence-corrected chi connectivity index (χ1v) is 8.27. The minimum atomic E-state index is -4.00. The van der Waals surface area contributed by atoms with Crippen molar-refractivity contribution in [1.82, 2.24) is 0 Å². The fourth-order valence-electron chi connectivity index (χ4n) is 2.16. The second kappa shape index (κ2) is 6.24. The Balaban J connectivity index is 2.52. The molecule has 0 aliphatic heterocycles. The Labute approximate surface area is 135 Å². The summed E-state index contributed by atoms with van der Waals surface area (Å²) in [5.41, 5.74) is 1.97. The van der Waals surface area contributed by atoms with E-state index in [9.17, 15) is 13.2 Å². The van der Waals surface area contributed by atoms with Crippen LogP contribution in [0.4, 0.5) is 5.69 Å². The van der Waals surface area contributed by atoms with E-state index in [1.54, 1.807) is 44.3 Å². The number of sulfonamides is 1. The van der Waals surface area contributed by atoms with Crippen LogP contribution in [0.15, 0.2) is 47.4 Å². The Bertz CT molecular complexity index is 912. The van der Waals surface area contributed by atoms with Crippen LogP contribution >= 0.6 is 0 Å². The lowest BCUT2D eigenvalue weighted by atomic mass is 10.1. The molecule has 0 unspecified atom stereocenters. The molecule has 0 fully saturated rings. The molecule has 6 heteroatoms. The molecular formula is C17H16N2O3S. The molecule has 5 nitrogen and oxygen atoms in total. The first-order valence-electron chi connectivity index (χ1n) is 6.72. The lowest BCUT2D eigenvalue weighted by Crippen LogP contribution is -2.29. The average Bonchev–Trinajstić information content (AvgIpc) is 2.52. The summed E-state index contributed by atoms with van der Waals surface area (Å²) < 4.78 is 23.4. The van der Waals surface area contributed by atoms with E-state index in [4.69, 9.17) is 11.6 Å². The summed E-state index contributed by atoms with van der Waals surface area (Å²) in [7, 11) is -2.45. The zero-order valence-corrected chi connectivity index (χ0v) is 13.6. The highest BCUT2D eigenvalue weighted by Crippen LogP contribution is 2.22. The second-order valence-electron chi connectivity index (χ2n) is 5.10. The van der Waals surface area contributed by atoms with E-state index in [0.29, 0.717) is 11.3 Å². The number of primary sulfonamides is 1. The molecule has 1 amide bonds. The Hall–Kier alpha value is -2.62. The van der Waals surface area contributed by atoms with Crippen molar-refractivity contribution < 1.29 is 13.2 Å². The van der Waals surface area contributed by atoms with Gasteiger partial charge in [0.05, 0.1) is 10.5 Å². The fourth-order valence-corrected chi connectivity index (χ4v) is 2.87. The highest BCUT2D eigenvalue weighted by molar-refractivity contribution is 7.89. The van der Waals surface area contributed by atoms with Gasteiger partial charge in [0.1, 0.15) is 0 Å². The minimum absolute atomic E-state index is 0.0288. The number of nitrogens with zero attached hydrogens (tertiary/aromatic N) is 1. The minimum Gasteiger partial charge on any atom is -0.311 e. The van der Waals surface area contributed by atoms with Gasteiger partial charge in [-0.05, 0) is 37.3 Å². The molecule has 0 atom stereocenters. The Morgan fingerprint density at radius 1 is 1.22 bits per heavy atom. The number of carbonyl (C=O) groups excluding carboxylic acids is 1. The zero-order chi connectivity index (χ0) is 17.2. The average molecular weight is 328 g/mol. The van der Waals surface area contributed by atoms with Crippen molar-refractivity contribution in [2.75, 3.05) is 11.9 Å². The van der Waals surface area contributed by atoms with Gasteiger partial charge in [0.15, 0.2) is 0 Å². The summed E-state index contributed by atoms with van der Waals surface area (Å²) in [5, 5.41) is 5.20. The number of hydrogen-bond acceptors (Lipinski definition) is 3. The summed E-state index contributed by atoms with van der Waals surface area (Å²) in [5.74, 6) is 2.01. The first-order chi connectivity index (χ1) is 10.7. The largest absolute Gasteiger partial charge is 0.311 e. The summed E-state index contributed by atoms with van der Waals surface area (Å²) in [6.07, 6.45) is 5.36. The van der Waals surface area contributed by atoms with Gasteiger partial charge in [-0.3, -0.25) is 4.79 Å². The van der Waals surface area contributed by atoms with Crippen LogP contribution in [0.5, 0.6) is 0 Å². The van der Waals surface area contributed by atoms with Gasteiger partial charge in [0.2, 0.25) is 10.0 Å². The molecule has 118 valence electrons. The molecule has 0 radical (unpaired) electrons. The third-order valence-corrected chi connectivity index (χ3v) is 4.35. The molecule has 23 heavy (non-hydrogen) atoms. The molecule has 0 saturated carbocycles. The van der Waals surface area contributed by atoms with Crippen molar-refractivity contribution in [2.24, 2.45) is 5.14 Å². The van der Waals surface area contributed by atoms with Gasteiger partial charge in [0, 0.05) is 18.3 Å². The molecule has 2 rings (SSSR count). The van der Waals surface area contributed by atoms with E-state index in [1.807, 2.05) is 0 Å². The number of anilines is 1. The van der Waals surface area contributed by atoms with Crippen molar-refractivity contribution in [3.8, 4) is 12.3 Å². The number of hydrogen-bond donors (Lipinski definition) is 1. The predicted molar refractivity (Wildman–Crippen MR) is 89.7 cm³/mol. The molecule has 0 heterocycles. The van der Waals surface area contributed by atoms with Gasteiger partial charge in [-0.2, -0.15) is 0 Å². The summed E-state index contributed by atoms with van der Waals surface area (Å²) in [6.45, 7) is 1.77. The summed E-state index contributed by atoms with van der Waals surface area (Å²) in [6, 6.07) is 11.3. The van der Waals surface area contributed by atoms with Crippen LogP contribution in [0.2, 0.25) is 0 Å². The SMILES string of the molecule is C#Cc1cccc(N(C)C(=O)c2cc(C)ccc2S(N)(=O)=O)c1. The number of aryl methyl sites for hydroxylation is 1. The molecule has 2 aromatic carbocycles. The number of nitrogens with two attached hydrogens (primary N) is 1.